The van der Waals surface area contributed by atoms with Crippen molar-refractivity contribution < 1.29 is 48.1 Å². The second-order valence-electron chi connectivity index (χ2n) is 16.6. The van der Waals surface area contributed by atoms with E-state index in [9.17, 15) is 43.8 Å². The normalized spacial score (nSPS) is 17.3. The number of rotatable bonds is 19. The van der Waals surface area contributed by atoms with Crippen molar-refractivity contribution in [2.75, 3.05) is 52.4 Å². The molecule has 1 aliphatic carbocycles. The molecule has 0 saturated carbocycles. The summed E-state index contributed by atoms with van der Waals surface area (Å²) in [6.45, 7) is 2.62. The Bertz CT molecular complexity index is 2640. The van der Waals surface area contributed by atoms with Gasteiger partial charge in [0.1, 0.15) is 18.5 Å². The minimum absolute atomic E-state index is 0.0205. The lowest BCUT2D eigenvalue weighted by atomic mass is 9.81. The molecule has 3 aliphatic rings. The van der Waals surface area contributed by atoms with Crippen LogP contribution in [-0.2, 0) is 65.1 Å². The summed E-state index contributed by atoms with van der Waals surface area (Å²) in [6, 6.07) is 10.3. The molecular weight excluding hydrogens is 858 g/mol. The van der Waals surface area contributed by atoms with E-state index in [-0.39, 0.29) is 95.3 Å². The molecule has 3 atom stereocenters. The number of nitrogens with zero attached hydrogens (tertiary/aromatic N) is 3. The van der Waals surface area contributed by atoms with E-state index in [1.807, 2.05) is 0 Å². The van der Waals surface area contributed by atoms with Gasteiger partial charge < -0.3 is 51.8 Å². The van der Waals surface area contributed by atoms with Crippen molar-refractivity contribution in [3.8, 4) is 11.4 Å². The van der Waals surface area contributed by atoms with Gasteiger partial charge in [-0.3, -0.25) is 33.7 Å². The van der Waals surface area contributed by atoms with Crippen LogP contribution in [0.25, 0.3) is 22.3 Å². The van der Waals surface area contributed by atoms with E-state index < -0.39 is 65.2 Å². The van der Waals surface area contributed by atoms with Gasteiger partial charge in [-0.2, -0.15) is 0 Å². The monoisotopic (exact) mass is 911 g/mol. The van der Waals surface area contributed by atoms with Gasteiger partial charge in [-0.05, 0) is 54.5 Å². The number of amides is 5. The van der Waals surface area contributed by atoms with Crippen molar-refractivity contribution in [3.63, 3.8) is 0 Å². The van der Waals surface area contributed by atoms with Gasteiger partial charge in [0.05, 0.1) is 61.3 Å². The van der Waals surface area contributed by atoms with Crippen LogP contribution in [0, 0.1) is 12.7 Å². The van der Waals surface area contributed by atoms with Crippen molar-refractivity contribution in [2.24, 2.45) is 5.73 Å². The first-order chi connectivity index (χ1) is 31.7. The molecule has 5 amide bonds. The molecule has 0 radical (unpaired) electrons. The number of aromatic nitrogens is 2. The quantitative estimate of drug-likeness (QED) is 0.0479. The van der Waals surface area contributed by atoms with Crippen molar-refractivity contribution in [1.29, 1.82) is 0 Å². The number of fused-ring (bicyclic) bond motifs is 5. The van der Waals surface area contributed by atoms with Crippen molar-refractivity contribution in [3.05, 3.63) is 97.6 Å². The second kappa shape index (κ2) is 20.3. The molecule has 20 heteroatoms. The molecule has 0 fully saturated rings. The molecule has 19 nitrogen and oxygen atoms in total. The molecule has 2 aromatic heterocycles. The van der Waals surface area contributed by atoms with Gasteiger partial charge in [-0.1, -0.05) is 37.3 Å². The van der Waals surface area contributed by atoms with E-state index in [0.717, 1.165) is 16.7 Å². The predicted octanol–water partition coefficient (Wildman–Crippen LogP) is -0.650. The standard InChI is InChI=1S/C46H54FN9O10/c1-3-46(65)30-18-35-42-28(23-56(35)44(63)29(30)24-66-45(46)64)41-32(10-9-27-25(2)31(47)19-33(54-42)40(27)41)52-36(58)11-13-55(15-16-57)14-12-49-38(60)21-51-43(62)34(17-26-7-5-4-6-8-26)53-39(61)22-50-37(59)20-48/h4-8,18-19,32,34,57,65H,3,9-17,20-24,48H2,1-2H3,(H,49,60)(H,50,59)(H,51,62)(H,52,58)(H,53,61)/t32-,34-,46-/m0/s1. The van der Waals surface area contributed by atoms with E-state index >= 15 is 4.39 Å². The molecule has 4 heterocycles. The van der Waals surface area contributed by atoms with Gasteiger partial charge in [0, 0.05) is 61.6 Å². The first kappa shape index (κ1) is 47.4. The van der Waals surface area contributed by atoms with Gasteiger partial charge in [0.25, 0.3) is 5.56 Å². The minimum Gasteiger partial charge on any atom is -0.458 e. The van der Waals surface area contributed by atoms with Gasteiger partial charge in [0.15, 0.2) is 5.60 Å². The lowest BCUT2D eigenvalue weighted by molar-refractivity contribution is -0.172. The fourth-order valence-corrected chi connectivity index (χ4v) is 8.96. The van der Waals surface area contributed by atoms with Crippen LogP contribution in [0.15, 0.2) is 47.3 Å². The number of cyclic esters (lactones) is 1. The molecule has 9 N–H and O–H groups in total. The zero-order valence-corrected chi connectivity index (χ0v) is 36.8. The maximum Gasteiger partial charge on any atom is 0.343 e. The van der Waals surface area contributed by atoms with Crippen molar-refractivity contribution in [1.82, 2.24) is 41.0 Å². The summed E-state index contributed by atoms with van der Waals surface area (Å²) >= 11 is 0. The first-order valence-corrected chi connectivity index (χ1v) is 22.0. The van der Waals surface area contributed by atoms with E-state index in [2.05, 4.69) is 26.6 Å². The average molecular weight is 912 g/mol. The molecule has 0 unspecified atom stereocenters. The number of aliphatic hydroxyl groups is 2. The van der Waals surface area contributed by atoms with Crippen LogP contribution in [0.4, 0.5) is 4.39 Å². The molecule has 66 heavy (non-hydrogen) atoms. The molecule has 0 saturated heterocycles. The number of carbonyl (C=O) groups is 6. The summed E-state index contributed by atoms with van der Waals surface area (Å²) in [7, 11) is 0. The van der Waals surface area contributed by atoms with Crippen LogP contribution >= 0.6 is 0 Å². The van der Waals surface area contributed by atoms with Crippen LogP contribution in [0.5, 0.6) is 0 Å². The molecular formula is C46H54FN9O10. The van der Waals surface area contributed by atoms with Crippen LogP contribution in [0.2, 0.25) is 0 Å². The highest BCUT2D eigenvalue weighted by Crippen LogP contribution is 2.46. The second-order valence-corrected chi connectivity index (χ2v) is 16.6. The number of nitrogens with two attached hydrogens (primary N) is 1. The Morgan fingerprint density at radius 3 is 2.47 bits per heavy atom. The van der Waals surface area contributed by atoms with Gasteiger partial charge in [-0.15, -0.1) is 0 Å². The number of ether oxygens (including phenoxy) is 1. The number of benzene rings is 2. The summed E-state index contributed by atoms with van der Waals surface area (Å²) < 4.78 is 22.1. The smallest absolute Gasteiger partial charge is 0.343 e. The molecule has 2 aromatic carbocycles. The van der Waals surface area contributed by atoms with E-state index in [0.29, 0.717) is 46.3 Å². The number of aliphatic hydroxyl groups excluding tert-OH is 1. The Balaban J connectivity index is 0.985. The summed E-state index contributed by atoms with van der Waals surface area (Å²) in [5.41, 5.74) is 7.62. The topological polar surface area (TPSA) is 276 Å². The van der Waals surface area contributed by atoms with Gasteiger partial charge in [0.2, 0.25) is 29.5 Å². The number of aryl methyl sites for hydroxylation is 1. The van der Waals surface area contributed by atoms with Crippen LogP contribution in [0.1, 0.15) is 71.2 Å². The number of nitrogens with one attached hydrogen (secondary N) is 5. The number of hydrogen-bond acceptors (Lipinski definition) is 13. The fourth-order valence-electron chi connectivity index (χ4n) is 8.96. The Morgan fingerprint density at radius 2 is 1.74 bits per heavy atom. The SMILES string of the molecule is CC[C@@]1(O)C(=O)OCc2c1cc1n(c2=O)Cc2c-1nc1cc(F)c(C)c3c1c2[C@@H](NC(=O)CCN(CCO)CCNC(=O)CNC(=O)[C@H](Cc1ccccc1)NC(=O)CNC(=O)CN)CC3. The predicted molar refractivity (Wildman–Crippen MR) is 237 cm³/mol. The largest absolute Gasteiger partial charge is 0.458 e. The molecule has 0 spiro atoms. The van der Waals surface area contributed by atoms with Gasteiger partial charge in [-0.25, -0.2) is 14.2 Å². The first-order valence-electron chi connectivity index (χ1n) is 22.0. The zero-order valence-electron chi connectivity index (χ0n) is 36.8. The number of esters is 1. The van der Waals surface area contributed by atoms with Crippen LogP contribution in [-0.4, -0.2) is 119 Å². The third-order valence-corrected chi connectivity index (χ3v) is 12.5. The van der Waals surface area contributed by atoms with Crippen LogP contribution < -0.4 is 37.9 Å². The Hall–Kier alpha value is -6.61. The Morgan fingerprint density at radius 1 is 0.985 bits per heavy atom. The maximum atomic E-state index is 15.4. The van der Waals surface area contributed by atoms with E-state index in [4.69, 9.17) is 15.5 Å². The number of pyridine rings is 2. The zero-order chi connectivity index (χ0) is 47.3. The molecule has 7 rings (SSSR count). The summed E-state index contributed by atoms with van der Waals surface area (Å²) in [4.78, 5) is 97.1. The summed E-state index contributed by atoms with van der Waals surface area (Å²) in [5, 5.41) is 35.2. The minimum atomic E-state index is -2.03. The summed E-state index contributed by atoms with van der Waals surface area (Å²) in [5.74, 6) is -3.87. The third-order valence-electron chi connectivity index (χ3n) is 12.5. The number of halogens is 1. The Kier molecular flexibility index (Phi) is 14.5. The number of hydrogen-bond donors (Lipinski definition) is 8. The molecule has 0 bridgehead atoms. The average Bonchev–Trinajstić information content (AvgIpc) is 3.68. The highest BCUT2D eigenvalue weighted by Gasteiger charge is 2.46. The molecule has 350 valence electrons. The number of carbonyl (C=O) groups excluding carboxylic acids is 6. The highest BCUT2D eigenvalue weighted by atomic mass is 19.1. The summed E-state index contributed by atoms with van der Waals surface area (Å²) in [6.07, 6.45) is 1.01. The van der Waals surface area contributed by atoms with E-state index in [1.54, 1.807) is 55.1 Å². The van der Waals surface area contributed by atoms with E-state index in [1.165, 1.54) is 10.6 Å². The lowest BCUT2D eigenvalue weighted by Gasteiger charge is -2.31. The fraction of sp³-hybridized carbons (Fsp3) is 0.435. The lowest BCUT2D eigenvalue weighted by Crippen LogP contribution is -2.52. The van der Waals surface area contributed by atoms with Gasteiger partial charge >= 0.3 is 5.97 Å². The van der Waals surface area contributed by atoms with Crippen molar-refractivity contribution >= 4 is 46.4 Å². The molecule has 4 aromatic rings. The Labute approximate surface area is 378 Å². The van der Waals surface area contributed by atoms with Crippen LogP contribution in [0.3, 0.4) is 0 Å². The van der Waals surface area contributed by atoms with Crippen molar-refractivity contribution in [2.45, 2.75) is 76.8 Å². The highest BCUT2D eigenvalue weighted by molar-refractivity contribution is 5.94. The third kappa shape index (κ3) is 9.81. The maximum absolute atomic E-state index is 15.4. The molecule has 2 aliphatic heterocycles.